The Morgan fingerprint density at radius 2 is 2.31 bits per heavy atom. The number of ketones is 1. The Bertz CT molecular complexity index is 392. The quantitative estimate of drug-likeness (QED) is 0.760. The molecule has 0 radical (unpaired) electrons. The monoisotopic (exact) mass is 219 g/mol. The van der Waals surface area contributed by atoms with Gasteiger partial charge in [-0.05, 0) is 44.7 Å². The summed E-state index contributed by atoms with van der Waals surface area (Å²) in [5.41, 5.74) is 1.08. The summed E-state index contributed by atoms with van der Waals surface area (Å²) in [6.07, 6.45) is 4.92. The average Bonchev–Trinajstić information content (AvgIpc) is 2.29. The van der Waals surface area contributed by atoms with Gasteiger partial charge in [0.2, 0.25) is 0 Å². The first-order valence-electron chi connectivity index (χ1n) is 5.75. The molecule has 0 aromatic carbocycles. The van der Waals surface area contributed by atoms with E-state index in [1.807, 2.05) is 13.0 Å². The zero-order valence-corrected chi connectivity index (χ0v) is 9.81. The van der Waals surface area contributed by atoms with Gasteiger partial charge in [0, 0.05) is 6.54 Å². The maximum atomic E-state index is 11.6. The minimum absolute atomic E-state index is 0.00940. The first kappa shape index (κ1) is 11.0. The van der Waals surface area contributed by atoms with Crippen LogP contribution in [0.3, 0.4) is 0 Å². The summed E-state index contributed by atoms with van der Waals surface area (Å²) in [6.45, 7) is 4.56. The molecule has 86 valence electrons. The van der Waals surface area contributed by atoms with Gasteiger partial charge in [0.1, 0.15) is 0 Å². The molecule has 1 fully saturated rings. The second-order valence-corrected chi connectivity index (χ2v) is 4.41. The fourth-order valence-corrected chi connectivity index (χ4v) is 2.22. The molecule has 0 amide bonds. The van der Waals surface area contributed by atoms with Crippen LogP contribution in [0.4, 0.5) is 5.82 Å². The van der Waals surface area contributed by atoms with Crippen LogP contribution in [0.5, 0.6) is 0 Å². The number of rotatable bonds is 2. The molecule has 1 atom stereocenters. The topological polar surface area (TPSA) is 46.1 Å². The predicted octanol–water partition coefficient (Wildman–Crippen LogP) is 1.73. The second kappa shape index (κ2) is 4.60. The molecule has 1 saturated heterocycles. The lowest BCUT2D eigenvalue weighted by molar-refractivity contribution is -0.118. The van der Waals surface area contributed by atoms with Crippen LogP contribution in [0, 0.1) is 6.92 Å². The molecule has 0 bridgehead atoms. The minimum atomic E-state index is -0.00940. The van der Waals surface area contributed by atoms with E-state index in [2.05, 4.69) is 15.1 Å². The molecule has 16 heavy (non-hydrogen) atoms. The summed E-state index contributed by atoms with van der Waals surface area (Å²) in [7, 11) is 0. The Morgan fingerprint density at radius 1 is 1.50 bits per heavy atom. The number of hydrogen-bond donors (Lipinski definition) is 0. The molecule has 4 heteroatoms. The molecule has 2 rings (SSSR count). The number of piperidine rings is 1. The van der Waals surface area contributed by atoms with Crippen LogP contribution in [-0.4, -0.2) is 28.6 Å². The van der Waals surface area contributed by atoms with E-state index in [-0.39, 0.29) is 11.8 Å². The van der Waals surface area contributed by atoms with Gasteiger partial charge < -0.3 is 4.90 Å². The lowest BCUT2D eigenvalue weighted by Gasteiger charge is -2.34. The number of anilines is 1. The van der Waals surface area contributed by atoms with Crippen LogP contribution in [-0.2, 0) is 4.79 Å². The second-order valence-electron chi connectivity index (χ2n) is 4.41. The molecule has 0 N–H and O–H groups in total. The summed E-state index contributed by atoms with van der Waals surface area (Å²) in [5, 5.41) is 8.07. The SMILES string of the molecule is CC(=O)C1CCCCN1c1cc(C)cnn1. The molecule has 1 aliphatic heterocycles. The molecule has 1 aliphatic rings. The Labute approximate surface area is 95.7 Å². The van der Waals surface area contributed by atoms with E-state index in [1.165, 1.54) is 0 Å². The maximum absolute atomic E-state index is 11.6. The normalized spacial score (nSPS) is 20.9. The maximum Gasteiger partial charge on any atom is 0.152 e. The van der Waals surface area contributed by atoms with Crippen molar-refractivity contribution in [2.45, 2.75) is 39.2 Å². The van der Waals surface area contributed by atoms with Gasteiger partial charge in [-0.3, -0.25) is 4.79 Å². The van der Waals surface area contributed by atoms with E-state index in [0.29, 0.717) is 0 Å². The number of nitrogens with zero attached hydrogens (tertiary/aromatic N) is 3. The molecule has 0 spiro atoms. The van der Waals surface area contributed by atoms with Crippen molar-refractivity contribution in [1.29, 1.82) is 0 Å². The van der Waals surface area contributed by atoms with Crippen LogP contribution < -0.4 is 4.90 Å². The van der Waals surface area contributed by atoms with Gasteiger partial charge >= 0.3 is 0 Å². The first-order valence-corrected chi connectivity index (χ1v) is 5.75. The van der Waals surface area contributed by atoms with Crippen molar-refractivity contribution in [1.82, 2.24) is 10.2 Å². The summed E-state index contributed by atoms with van der Waals surface area (Å²) in [4.78, 5) is 13.7. The summed E-state index contributed by atoms with van der Waals surface area (Å²) in [6, 6.07) is 1.98. The average molecular weight is 219 g/mol. The highest BCUT2D eigenvalue weighted by atomic mass is 16.1. The van der Waals surface area contributed by atoms with Crippen molar-refractivity contribution in [2.75, 3.05) is 11.4 Å². The van der Waals surface area contributed by atoms with Gasteiger partial charge in [0.15, 0.2) is 11.6 Å². The highest BCUT2D eigenvalue weighted by molar-refractivity contribution is 5.84. The van der Waals surface area contributed by atoms with Gasteiger partial charge in [-0.25, -0.2) is 0 Å². The van der Waals surface area contributed by atoms with Crippen molar-refractivity contribution in [2.24, 2.45) is 0 Å². The van der Waals surface area contributed by atoms with Crippen molar-refractivity contribution >= 4 is 11.6 Å². The van der Waals surface area contributed by atoms with Gasteiger partial charge in [-0.15, -0.1) is 5.10 Å². The summed E-state index contributed by atoms with van der Waals surface area (Å²) < 4.78 is 0. The standard InChI is InChI=1S/C12H17N3O/c1-9-7-12(14-13-8-9)15-6-4-3-5-11(15)10(2)16/h7-8,11H,3-6H2,1-2H3. The highest BCUT2D eigenvalue weighted by Crippen LogP contribution is 2.23. The van der Waals surface area contributed by atoms with Crippen LogP contribution in [0.2, 0.25) is 0 Å². The molecule has 1 aromatic rings. The van der Waals surface area contributed by atoms with E-state index in [9.17, 15) is 4.79 Å². The number of aromatic nitrogens is 2. The Hall–Kier alpha value is -1.45. The Balaban J connectivity index is 2.26. The number of aryl methyl sites for hydroxylation is 1. The largest absolute Gasteiger partial charge is 0.345 e. The fourth-order valence-electron chi connectivity index (χ4n) is 2.22. The van der Waals surface area contributed by atoms with Crippen LogP contribution in [0.15, 0.2) is 12.3 Å². The smallest absolute Gasteiger partial charge is 0.152 e. The number of hydrogen-bond acceptors (Lipinski definition) is 4. The van der Waals surface area contributed by atoms with Crippen molar-refractivity contribution in [3.63, 3.8) is 0 Å². The summed E-state index contributed by atoms with van der Waals surface area (Å²) >= 11 is 0. The van der Waals surface area contributed by atoms with Crippen molar-refractivity contribution in [3.8, 4) is 0 Å². The number of carbonyl (C=O) groups excluding carboxylic acids is 1. The lowest BCUT2D eigenvalue weighted by atomic mass is 9.99. The Morgan fingerprint density at radius 3 is 3.00 bits per heavy atom. The van der Waals surface area contributed by atoms with E-state index in [0.717, 1.165) is 37.2 Å². The highest BCUT2D eigenvalue weighted by Gasteiger charge is 2.27. The number of carbonyl (C=O) groups is 1. The summed E-state index contributed by atoms with van der Waals surface area (Å²) in [5.74, 6) is 1.06. The molecule has 0 aliphatic carbocycles. The molecule has 1 unspecified atom stereocenters. The minimum Gasteiger partial charge on any atom is -0.345 e. The Kier molecular flexibility index (Phi) is 3.17. The zero-order chi connectivity index (χ0) is 11.5. The molecule has 4 nitrogen and oxygen atoms in total. The van der Waals surface area contributed by atoms with Gasteiger partial charge in [-0.2, -0.15) is 5.10 Å². The molecule has 1 aromatic heterocycles. The predicted molar refractivity (Wildman–Crippen MR) is 62.4 cm³/mol. The molecular weight excluding hydrogens is 202 g/mol. The van der Waals surface area contributed by atoms with Gasteiger partial charge in [0.25, 0.3) is 0 Å². The van der Waals surface area contributed by atoms with Crippen molar-refractivity contribution < 1.29 is 4.79 Å². The third kappa shape index (κ3) is 2.21. The molecule has 0 saturated carbocycles. The van der Waals surface area contributed by atoms with Crippen molar-refractivity contribution in [3.05, 3.63) is 17.8 Å². The van der Waals surface area contributed by atoms with Crippen LogP contribution >= 0.6 is 0 Å². The van der Waals surface area contributed by atoms with Crippen LogP contribution in [0.1, 0.15) is 31.7 Å². The third-order valence-corrected chi connectivity index (χ3v) is 3.04. The van der Waals surface area contributed by atoms with E-state index < -0.39 is 0 Å². The van der Waals surface area contributed by atoms with E-state index in [4.69, 9.17) is 0 Å². The van der Waals surface area contributed by atoms with Gasteiger partial charge in [-0.1, -0.05) is 0 Å². The van der Waals surface area contributed by atoms with Crippen LogP contribution in [0.25, 0.3) is 0 Å². The van der Waals surface area contributed by atoms with E-state index in [1.54, 1.807) is 13.1 Å². The third-order valence-electron chi connectivity index (χ3n) is 3.04. The molecule has 2 heterocycles. The van der Waals surface area contributed by atoms with E-state index >= 15 is 0 Å². The molecular formula is C12H17N3O. The van der Waals surface area contributed by atoms with Gasteiger partial charge in [0.05, 0.1) is 12.2 Å². The lowest BCUT2D eigenvalue weighted by Crippen LogP contribution is -2.44. The first-order chi connectivity index (χ1) is 7.68. The zero-order valence-electron chi connectivity index (χ0n) is 9.81. The fraction of sp³-hybridized carbons (Fsp3) is 0.583. The number of Topliss-reactive ketones (excluding diaryl/α,β-unsaturated/α-hetero) is 1.